The molecule has 0 saturated heterocycles. The lowest BCUT2D eigenvalue weighted by molar-refractivity contribution is 0.419. The van der Waals surface area contributed by atoms with Gasteiger partial charge in [-0.05, 0) is 47.6 Å². The summed E-state index contributed by atoms with van der Waals surface area (Å²) in [7, 11) is 0. The van der Waals surface area contributed by atoms with Gasteiger partial charge in [0, 0.05) is 4.47 Å². The molecule has 1 unspecified atom stereocenters. The van der Waals surface area contributed by atoms with Crippen LogP contribution in [0.2, 0.25) is 0 Å². The number of benzene rings is 2. The lowest BCUT2D eigenvalue weighted by Gasteiger charge is -2.26. The molecule has 1 fully saturated rings. The highest BCUT2D eigenvalue weighted by molar-refractivity contribution is 9.10. The average Bonchev–Trinajstić information content (AvgIpc) is 2.37. The first-order valence-corrected chi connectivity index (χ1v) is 7.64. The molecule has 1 aliphatic rings. The summed E-state index contributed by atoms with van der Waals surface area (Å²) in [4.78, 5) is 0. The van der Waals surface area contributed by atoms with E-state index in [0.29, 0.717) is 0 Å². The third kappa shape index (κ3) is 2.75. The van der Waals surface area contributed by atoms with E-state index in [1.165, 1.54) is 30.4 Å². The largest absolute Gasteiger partial charge is 0.320 e. The van der Waals surface area contributed by atoms with Gasteiger partial charge in [-0.2, -0.15) is 0 Å². The molecule has 1 nitrogen and oxygen atoms in total. The number of halogens is 1. The first-order chi connectivity index (χ1) is 9.24. The molecule has 1 aliphatic carbocycles. The monoisotopic (exact) mass is 315 g/mol. The SMILES string of the molecule is NC(c1ccc(Br)cc1)c1cccc(C2CCC2)c1. The quantitative estimate of drug-likeness (QED) is 0.867. The highest BCUT2D eigenvalue weighted by Gasteiger charge is 2.20. The molecule has 0 aromatic heterocycles. The van der Waals surface area contributed by atoms with Crippen LogP contribution < -0.4 is 5.73 Å². The van der Waals surface area contributed by atoms with Crippen molar-refractivity contribution in [1.29, 1.82) is 0 Å². The van der Waals surface area contributed by atoms with E-state index in [-0.39, 0.29) is 6.04 Å². The van der Waals surface area contributed by atoms with Crippen molar-refractivity contribution in [2.45, 2.75) is 31.2 Å². The van der Waals surface area contributed by atoms with Crippen LogP contribution in [-0.4, -0.2) is 0 Å². The molecule has 19 heavy (non-hydrogen) atoms. The Kier molecular flexibility index (Phi) is 3.72. The van der Waals surface area contributed by atoms with Crippen LogP contribution >= 0.6 is 15.9 Å². The first kappa shape index (κ1) is 12.9. The molecule has 0 aliphatic heterocycles. The minimum atomic E-state index is -0.0341. The van der Waals surface area contributed by atoms with Gasteiger partial charge in [0.2, 0.25) is 0 Å². The zero-order valence-electron chi connectivity index (χ0n) is 10.9. The van der Waals surface area contributed by atoms with Crippen LogP contribution in [-0.2, 0) is 0 Å². The predicted molar refractivity (Wildman–Crippen MR) is 83.2 cm³/mol. The van der Waals surface area contributed by atoms with E-state index in [1.54, 1.807) is 0 Å². The van der Waals surface area contributed by atoms with Gasteiger partial charge in [-0.1, -0.05) is 58.7 Å². The lowest BCUT2D eigenvalue weighted by atomic mass is 9.79. The van der Waals surface area contributed by atoms with E-state index < -0.39 is 0 Å². The van der Waals surface area contributed by atoms with Crippen LogP contribution in [0.1, 0.15) is 47.9 Å². The fourth-order valence-electron chi connectivity index (χ4n) is 2.61. The minimum absolute atomic E-state index is 0.0341. The second-order valence-electron chi connectivity index (χ2n) is 5.33. The summed E-state index contributed by atoms with van der Waals surface area (Å²) in [6.07, 6.45) is 4.03. The molecule has 0 amide bonds. The minimum Gasteiger partial charge on any atom is -0.320 e. The van der Waals surface area contributed by atoms with Crippen LogP contribution in [0.5, 0.6) is 0 Å². The summed E-state index contributed by atoms with van der Waals surface area (Å²) >= 11 is 3.46. The van der Waals surface area contributed by atoms with Crippen LogP contribution in [0.15, 0.2) is 53.0 Å². The van der Waals surface area contributed by atoms with Gasteiger partial charge in [0.05, 0.1) is 6.04 Å². The van der Waals surface area contributed by atoms with Crippen molar-refractivity contribution in [2.24, 2.45) is 5.73 Å². The number of nitrogens with two attached hydrogens (primary N) is 1. The Balaban J connectivity index is 1.86. The van der Waals surface area contributed by atoms with E-state index in [2.05, 4.69) is 52.3 Å². The number of hydrogen-bond donors (Lipinski definition) is 1. The van der Waals surface area contributed by atoms with Crippen molar-refractivity contribution in [3.63, 3.8) is 0 Å². The maximum Gasteiger partial charge on any atom is 0.0551 e. The molecule has 0 heterocycles. The lowest BCUT2D eigenvalue weighted by Crippen LogP contribution is -2.14. The predicted octanol–water partition coefficient (Wildman–Crippen LogP) is 4.76. The van der Waals surface area contributed by atoms with Crippen LogP contribution in [0.4, 0.5) is 0 Å². The van der Waals surface area contributed by atoms with E-state index in [9.17, 15) is 0 Å². The Morgan fingerprint density at radius 1 is 1.00 bits per heavy atom. The number of rotatable bonds is 3. The van der Waals surface area contributed by atoms with E-state index >= 15 is 0 Å². The third-order valence-electron chi connectivity index (χ3n) is 4.08. The van der Waals surface area contributed by atoms with E-state index in [4.69, 9.17) is 5.73 Å². The van der Waals surface area contributed by atoms with Gasteiger partial charge >= 0.3 is 0 Å². The second-order valence-corrected chi connectivity index (χ2v) is 6.24. The highest BCUT2D eigenvalue weighted by Crippen LogP contribution is 2.37. The van der Waals surface area contributed by atoms with Gasteiger partial charge in [0.1, 0.15) is 0 Å². The van der Waals surface area contributed by atoms with E-state index in [0.717, 1.165) is 16.0 Å². The molecule has 98 valence electrons. The average molecular weight is 316 g/mol. The summed E-state index contributed by atoms with van der Waals surface area (Å²) in [5, 5.41) is 0. The second kappa shape index (κ2) is 5.48. The van der Waals surface area contributed by atoms with E-state index in [1.807, 2.05) is 12.1 Å². The molecular weight excluding hydrogens is 298 g/mol. The molecule has 0 bridgehead atoms. The molecule has 2 aromatic rings. The Labute approximate surface area is 123 Å². The molecule has 2 heteroatoms. The third-order valence-corrected chi connectivity index (χ3v) is 4.60. The van der Waals surface area contributed by atoms with Crippen LogP contribution in [0.25, 0.3) is 0 Å². The summed E-state index contributed by atoms with van der Waals surface area (Å²) < 4.78 is 1.09. The van der Waals surface area contributed by atoms with Gasteiger partial charge in [-0.15, -0.1) is 0 Å². The van der Waals surface area contributed by atoms with Crippen molar-refractivity contribution in [3.8, 4) is 0 Å². The van der Waals surface area contributed by atoms with Crippen molar-refractivity contribution >= 4 is 15.9 Å². The van der Waals surface area contributed by atoms with Crippen molar-refractivity contribution in [2.75, 3.05) is 0 Å². The topological polar surface area (TPSA) is 26.0 Å². The van der Waals surface area contributed by atoms with Gasteiger partial charge in [-0.25, -0.2) is 0 Å². The standard InChI is InChI=1S/C17H18BrN/c18-16-9-7-13(8-10-16)17(19)15-6-2-5-14(11-15)12-3-1-4-12/h2,5-12,17H,1,3-4,19H2. The normalized spacial score (nSPS) is 16.9. The smallest absolute Gasteiger partial charge is 0.0551 e. The van der Waals surface area contributed by atoms with Crippen molar-refractivity contribution in [1.82, 2.24) is 0 Å². The maximum atomic E-state index is 6.38. The fraction of sp³-hybridized carbons (Fsp3) is 0.294. The zero-order valence-corrected chi connectivity index (χ0v) is 12.4. The molecule has 0 radical (unpaired) electrons. The molecule has 1 atom stereocenters. The molecule has 0 spiro atoms. The van der Waals surface area contributed by atoms with Crippen LogP contribution in [0, 0.1) is 0 Å². The summed E-state index contributed by atoms with van der Waals surface area (Å²) in [5.41, 5.74) is 10.2. The Bertz CT molecular complexity index is 558. The van der Waals surface area contributed by atoms with Gasteiger partial charge < -0.3 is 5.73 Å². The maximum absolute atomic E-state index is 6.38. The molecule has 2 aromatic carbocycles. The molecular formula is C17H18BrN. The first-order valence-electron chi connectivity index (χ1n) is 6.85. The van der Waals surface area contributed by atoms with Crippen LogP contribution in [0.3, 0.4) is 0 Å². The zero-order chi connectivity index (χ0) is 13.2. The fourth-order valence-corrected chi connectivity index (χ4v) is 2.87. The Hall–Kier alpha value is -1.12. The number of hydrogen-bond acceptors (Lipinski definition) is 1. The molecule has 3 rings (SSSR count). The molecule has 1 saturated carbocycles. The summed E-state index contributed by atoms with van der Waals surface area (Å²) in [6.45, 7) is 0. The Morgan fingerprint density at radius 3 is 2.37 bits per heavy atom. The molecule has 2 N–H and O–H groups in total. The van der Waals surface area contributed by atoms with Gasteiger partial charge in [-0.3, -0.25) is 0 Å². The van der Waals surface area contributed by atoms with Gasteiger partial charge in [0.25, 0.3) is 0 Å². The van der Waals surface area contributed by atoms with Crippen molar-refractivity contribution < 1.29 is 0 Å². The van der Waals surface area contributed by atoms with Crippen molar-refractivity contribution in [3.05, 3.63) is 69.7 Å². The Morgan fingerprint density at radius 2 is 1.74 bits per heavy atom. The summed E-state index contributed by atoms with van der Waals surface area (Å²) in [6, 6.07) is 17.0. The highest BCUT2D eigenvalue weighted by atomic mass is 79.9. The summed E-state index contributed by atoms with van der Waals surface area (Å²) in [5.74, 6) is 0.761. The van der Waals surface area contributed by atoms with Gasteiger partial charge in [0.15, 0.2) is 0 Å².